The van der Waals surface area contributed by atoms with Gasteiger partial charge in [-0.15, -0.1) is 0 Å². The van der Waals surface area contributed by atoms with Crippen LogP contribution in [0.2, 0.25) is 0 Å². The van der Waals surface area contributed by atoms with Crippen LogP contribution in [0.25, 0.3) is 0 Å². The Morgan fingerprint density at radius 3 is 2.67 bits per heavy atom. The largest absolute Gasteiger partial charge is 0.326 e. The first-order chi connectivity index (χ1) is 9.67. The van der Waals surface area contributed by atoms with Gasteiger partial charge in [0, 0.05) is 35.7 Å². The van der Waals surface area contributed by atoms with Crippen molar-refractivity contribution in [1.29, 1.82) is 0 Å². The van der Waals surface area contributed by atoms with Crippen LogP contribution >= 0.6 is 11.8 Å². The molecule has 0 amide bonds. The third-order valence-electron chi connectivity index (χ3n) is 3.55. The summed E-state index contributed by atoms with van der Waals surface area (Å²) in [5, 5.41) is 0. The highest BCUT2D eigenvalue weighted by molar-refractivity contribution is 8.00. The minimum Gasteiger partial charge on any atom is -0.326 e. The molecule has 1 aliphatic heterocycles. The zero-order chi connectivity index (χ0) is 15.8. The van der Waals surface area contributed by atoms with Crippen molar-refractivity contribution >= 4 is 21.8 Å². The summed E-state index contributed by atoms with van der Waals surface area (Å²) >= 11 is 1.76. The van der Waals surface area contributed by atoms with Crippen molar-refractivity contribution < 1.29 is 12.8 Å². The summed E-state index contributed by atoms with van der Waals surface area (Å²) in [5.74, 6) is 0.335. The second-order valence-electron chi connectivity index (χ2n) is 5.86. The molecule has 1 aromatic rings. The maximum atomic E-state index is 13.8. The minimum absolute atomic E-state index is 0.0165. The van der Waals surface area contributed by atoms with E-state index in [2.05, 4.69) is 0 Å². The summed E-state index contributed by atoms with van der Waals surface area (Å²) < 4.78 is 40.7. The summed E-state index contributed by atoms with van der Waals surface area (Å²) in [6.45, 7) is 6.53. The van der Waals surface area contributed by atoms with Gasteiger partial charge in [0.1, 0.15) is 5.82 Å². The zero-order valence-corrected chi connectivity index (χ0v) is 14.2. The van der Waals surface area contributed by atoms with Crippen molar-refractivity contribution in [3.63, 3.8) is 0 Å². The average Bonchev–Trinajstić information content (AvgIpc) is 2.40. The van der Waals surface area contributed by atoms with Crippen LogP contribution in [-0.4, -0.2) is 36.3 Å². The molecule has 2 N–H and O–H groups in total. The number of halogens is 1. The molecule has 0 aliphatic carbocycles. The number of thioether (sulfide) groups is 1. The van der Waals surface area contributed by atoms with Crippen LogP contribution in [0.3, 0.4) is 0 Å². The highest BCUT2D eigenvalue weighted by Crippen LogP contribution is 2.33. The number of aryl methyl sites for hydroxylation is 1. The molecule has 2 rings (SSSR count). The number of benzene rings is 1. The molecule has 4 nitrogen and oxygen atoms in total. The van der Waals surface area contributed by atoms with Gasteiger partial charge in [0.25, 0.3) is 0 Å². The Hall–Kier alpha value is -0.630. The van der Waals surface area contributed by atoms with Gasteiger partial charge in [-0.1, -0.05) is 0 Å². The number of hydrogen-bond donors (Lipinski definition) is 1. The van der Waals surface area contributed by atoms with E-state index in [9.17, 15) is 12.8 Å². The average molecular weight is 332 g/mol. The fraction of sp³-hybridized carbons (Fsp3) is 0.571. The Labute approximate surface area is 129 Å². The summed E-state index contributed by atoms with van der Waals surface area (Å²) in [6.07, 6.45) is 0. The second-order valence-corrected chi connectivity index (χ2v) is 9.60. The van der Waals surface area contributed by atoms with Gasteiger partial charge < -0.3 is 5.73 Å². The van der Waals surface area contributed by atoms with Gasteiger partial charge in [0.15, 0.2) is 0 Å². The van der Waals surface area contributed by atoms with Gasteiger partial charge in [-0.2, -0.15) is 16.1 Å². The molecule has 7 heteroatoms. The van der Waals surface area contributed by atoms with Crippen LogP contribution in [0.4, 0.5) is 4.39 Å². The van der Waals surface area contributed by atoms with Gasteiger partial charge in [-0.25, -0.2) is 12.8 Å². The topological polar surface area (TPSA) is 63.4 Å². The van der Waals surface area contributed by atoms with Crippen molar-refractivity contribution in [3.8, 4) is 0 Å². The molecule has 1 saturated heterocycles. The molecule has 1 heterocycles. The van der Waals surface area contributed by atoms with Gasteiger partial charge >= 0.3 is 0 Å². The molecule has 21 heavy (non-hydrogen) atoms. The molecular formula is C14H21FN2O2S2. The highest BCUT2D eigenvalue weighted by Gasteiger charge is 2.35. The maximum absolute atomic E-state index is 13.8. The molecule has 1 fully saturated rings. The van der Waals surface area contributed by atoms with Gasteiger partial charge in [0.2, 0.25) is 10.0 Å². The Kier molecular flexibility index (Phi) is 4.68. The molecule has 1 aliphatic rings. The number of nitrogens with two attached hydrogens (primary N) is 1. The van der Waals surface area contributed by atoms with Crippen LogP contribution in [0.1, 0.15) is 25.0 Å². The highest BCUT2D eigenvalue weighted by atomic mass is 32.2. The van der Waals surface area contributed by atoms with E-state index in [0.29, 0.717) is 18.7 Å². The molecule has 0 bridgehead atoms. The predicted octanol–water partition coefficient (Wildman–Crippen LogP) is 2.11. The van der Waals surface area contributed by atoms with Gasteiger partial charge in [-0.3, -0.25) is 0 Å². The minimum atomic E-state index is -3.61. The van der Waals surface area contributed by atoms with E-state index in [1.807, 2.05) is 13.8 Å². The van der Waals surface area contributed by atoms with Crippen LogP contribution in [0.15, 0.2) is 17.0 Å². The van der Waals surface area contributed by atoms with Gasteiger partial charge in [-0.05, 0) is 38.5 Å². The Morgan fingerprint density at radius 2 is 2.10 bits per heavy atom. The van der Waals surface area contributed by atoms with E-state index in [4.69, 9.17) is 5.73 Å². The summed E-state index contributed by atoms with van der Waals surface area (Å²) in [4.78, 5) is 0.129. The summed E-state index contributed by atoms with van der Waals surface area (Å²) in [7, 11) is -3.61. The van der Waals surface area contributed by atoms with E-state index in [1.54, 1.807) is 18.7 Å². The Bertz CT molecular complexity index is 645. The molecule has 0 aromatic heterocycles. The molecular weight excluding hydrogens is 311 g/mol. The van der Waals surface area contributed by atoms with Crippen molar-refractivity contribution in [2.45, 2.75) is 37.0 Å². The molecule has 0 unspecified atom stereocenters. The van der Waals surface area contributed by atoms with Crippen LogP contribution in [0, 0.1) is 12.7 Å². The van der Waals surface area contributed by atoms with Crippen LogP contribution < -0.4 is 5.73 Å². The van der Waals surface area contributed by atoms with Crippen LogP contribution in [-0.2, 0) is 16.6 Å². The fourth-order valence-electron chi connectivity index (χ4n) is 2.43. The predicted molar refractivity (Wildman–Crippen MR) is 84.3 cm³/mol. The van der Waals surface area contributed by atoms with E-state index in [1.165, 1.54) is 16.4 Å². The number of sulfonamides is 1. The van der Waals surface area contributed by atoms with Gasteiger partial charge in [0.05, 0.1) is 4.90 Å². The number of hydrogen-bond acceptors (Lipinski definition) is 4. The molecule has 0 saturated carbocycles. The lowest BCUT2D eigenvalue weighted by atomic mass is 10.1. The lowest BCUT2D eigenvalue weighted by molar-refractivity contribution is 0.387. The van der Waals surface area contributed by atoms with E-state index in [0.717, 1.165) is 5.75 Å². The first-order valence-electron chi connectivity index (χ1n) is 6.80. The lowest BCUT2D eigenvalue weighted by Crippen LogP contribution is -2.46. The van der Waals surface area contributed by atoms with Crippen molar-refractivity contribution in [1.82, 2.24) is 4.31 Å². The smallest absolute Gasteiger partial charge is 0.243 e. The standard InChI is InChI=1S/C14H21FN2O2S2/c1-10-6-12(7-11(8-16)13(10)15)21(18,19)17-4-5-20-14(2,3)9-17/h6-7H,4-5,8-9,16H2,1-3H3. The van der Waals surface area contributed by atoms with E-state index >= 15 is 0 Å². The summed E-state index contributed by atoms with van der Waals surface area (Å²) in [5.41, 5.74) is 6.04. The zero-order valence-electron chi connectivity index (χ0n) is 12.5. The maximum Gasteiger partial charge on any atom is 0.243 e. The van der Waals surface area contributed by atoms with Crippen molar-refractivity contribution in [2.75, 3.05) is 18.8 Å². The number of nitrogens with zero attached hydrogens (tertiary/aromatic N) is 1. The third kappa shape index (κ3) is 3.41. The second kappa shape index (κ2) is 5.87. The molecule has 118 valence electrons. The quantitative estimate of drug-likeness (QED) is 0.921. The third-order valence-corrected chi connectivity index (χ3v) is 6.67. The van der Waals surface area contributed by atoms with E-state index < -0.39 is 15.8 Å². The number of rotatable bonds is 3. The first kappa shape index (κ1) is 16.7. The fourth-order valence-corrected chi connectivity index (χ4v) is 5.48. The van der Waals surface area contributed by atoms with Crippen molar-refractivity contribution in [3.05, 3.63) is 29.1 Å². The SMILES string of the molecule is Cc1cc(S(=O)(=O)N2CCSC(C)(C)C2)cc(CN)c1F. The van der Waals surface area contributed by atoms with Crippen LogP contribution in [0.5, 0.6) is 0 Å². The molecule has 0 atom stereocenters. The van der Waals surface area contributed by atoms with E-state index in [-0.39, 0.29) is 21.8 Å². The molecule has 1 aromatic carbocycles. The lowest BCUT2D eigenvalue weighted by Gasteiger charge is -2.36. The first-order valence-corrected chi connectivity index (χ1v) is 9.23. The summed E-state index contributed by atoms with van der Waals surface area (Å²) in [6, 6.07) is 2.74. The molecule has 0 spiro atoms. The van der Waals surface area contributed by atoms with Crippen molar-refractivity contribution in [2.24, 2.45) is 5.73 Å². The normalized spacial score (nSPS) is 19.7. The monoisotopic (exact) mass is 332 g/mol. The Morgan fingerprint density at radius 1 is 1.43 bits per heavy atom. The molecule has 0 radical (unpaired) electrons. The Balaban J connectivity index is 2.42.